The highest BCUT2D eigenvalue weighted by molar-refractivity contribution is 6.30. The van der Waals surface area contributed by atoms with Crippen LogP contribution in [0.25, 0.3) is 0 Å². The van der Waals surface area contributed by atoms with Crippen LogP contribution >= 0.6 is 24.0 Å². The molecule has 0 aromatic heterocycles. The van der Waals surface area contributed by atoms with E-state index in [4.69, 9.17) is 27.2 Å². The fraction of sp³-hybridized carbons (Fsp3) is 0.364. The Morgan fingerprint density at radius 1 is 1.53 bits per heavy atom. The van der Waals surface area contributed by atoms with Crippen LogP contribution < -0.4 is 5.73 Å². The summed E-state index contributed by atoms with van der Waals surface area (Å²) in [4.78, 5) is 10.8. The molecule has 1 aliphatic rings. The molecule has 0 spiro atoms. The number of carbonyl (C=O) groups is 1. The first kappa shape index (κ1) is 14.3. The van der Waals surface area contributed by atoms with Gasteiger partial charge in [-0.1, -0.05) is 17.7 Å². The smallest absolute Gasteiger partial charge is 0.307 e. The van der Waals surface area contributed by atoms with Crippen molar-refractivity contribution in [3.63, 3.8) is 0 Å². The van der Waals surface area contributed by atoms with Crippen LogP contribution in [-0.4, -0.2) is 24.3 Å². The molecule has 0 amide bonds. The highest BCUT2D eigenvalue weighted by atomic mass is 35.5. The van der Waals surface area contributed by atoms with Crippen LogP contribution in [-0.2, 0) is 21.5 Å². The fourth-order valence-corrected chi connectivity index (χ4v) is 2.03. The van der Waals surface area contributed by atoms with Gasteiger partial charge in [0, 0.05) is 5.02 Å². The van der Waals surface area contributed by atoms with E-state index in [1.54, 1.807) is 18.2 Å². The molecule has 0 bridgehead atoms. The minimum atomic E-state index is -0.896. The lowest BCUT2D eigenvalue weighted by molar-refractivity contribution is -0.136. The number of benzene rings is 1. The van der Waals surface area contributed by atoms with Crippen LogP contribution in [0.1, 0.15) is 11.1 Å². The van der Waals surface area contributed by atoms with Crippen molar-refractivity contribution >= 4 is 30.0 Å². The molecule has 2 rings (SSSR count). The molecule has 1 saturated heterocycles. The van der Waals surface area contributed by atoms with Gasteiger partial charge in [0.05, 0.1) is 25.2 Å². The first-order valence-electron chi connectivity index (χ1n) is 4.88. The summed E-state index contributed by atoms with van der Waals surface area (Å²) in [5.41, 5.74) is 7.00. The molecule has 4 nitrogen and oxygen atoms in total. The van der Waals surface area contributed by atoms with Crippen molar-refractivity contribution in [2.45, 2.75) is 12.0 Å². The second kappa shape index (κ2) is 5.23. The van der Waals surface area contributed by atoms with Crippen LogP contribution in [0.2, 0.25) is 5.02 Å². The minimum Gasteiger partial charge on any atom is -0.481 e. The van der Waals surface area contributed by atoms with Gasteiger partial charge in [0.15, 0.2) is 0 Å². The van der Waals surface area contributed by atoms with Gasteiger partial charge in [-0.3, -0.25) is 4.79 Å². The minimum absolute atomic E-state index is 0. The van der Waals surface area contributed by atoms with Gasteiger partial charge in [-0.2, -0.15) is 0 Å². The summed E-state index contributed by atoms with van der Waals surface area (Å²) < 4.78 is 5.08. The molecule has 0 unspecified atom stereocenters. The molecule has 1 aromatic rings. The number of nitrogens with two attached hydrogens (primary N) is 1. The predicted octanol–water partition coefficient (Wildman–Crippen LogP) is 1.57. The van der Waals surface area contributed by atoms with E-state index in [1.807, 2.05) is 0 Å². The van der Waals surface area contributed by atoms with Gasteiger partial charge in [-0.05, 0) is 23.3 Å². The number of carboxylic acids is 1. The molecule has 3 N–H and O–H groups in total. The van der Waals surface area contributed by atoms with E-state index in [0.29, 0.717) is 23.8 Å². The van der Waals surface area contributed by atoms with Gasteiger partial charge < -0.3 is 15.6 Å². The van der Waals surface area contributed by atoms with E-state index in [1.165, 1.54) is 0 Å². The van der Waals surface area contributed by atoms with Crippen molar-refractivity contribution in [1.82, 2.24) is 0 Å². The van der Waals surface area contributed by atoms with Gasteiger partial charge in [-0.15, -0.1) is 12.4 Å². The molecule has 0 aliphatic carbocycles. The molecule has 1 aromatic carbocycles. The summed E-state index contributed by atoms with van der Waals surface area (Å²) in [5, 5.41) is 9.34. The average Bonchev–Trinajstić information content (AvgIpc) is 2.13. The Kier molecular flexibility index (Phi) is 4.38. The molecule has 94 valence electrons. The Morgan fingerprint density at radius 3 is 2.65 bits per heavy atom. The highest BCUT2D eigenvalue weighted by Crippen LogP contribution is 2.31. The quantitative estimate of drug-likeness (QED) is 0.880. The average molecular weight is 278 g/mol. The van der Waals surface area contributed by atoms with Crippen LogP contribution in [0.15, 0.2) is 18.2 Å². The third-order valence-corrected chi connectivity index (χ3v) is 2.90. The molecule has 0 atom stereocenters. The monoisotopic (exact) mass is 277 g/mol. The maximum absolute atomic E-state index is 10.8. The summed E-state index contributed by atoms with van der Waals surface area (Å²) in [7, 11) is 0. The second-order valence-electron chi connectivity index (χ2n) is 4.02. The van der Waals surface area contributed by atoms with Gasteiger partial charge in [-0.25, -0.2) is 0 Å². The first-order valence-corrected chi connectivity index (χ1v) is 5.26. The normalized spacial score (nSPS) is 16.8. The summed E-state index contributed by atoms with van der Waals surface area (Å²) in [6.07, 6.45) is -0.0746. The van der Waals surface area contributed by atoms with E-state index in [-0.39, 0.29) is 18.8 Å². The lowest BCUT2D eigenvalue weighted by Gasteiger charge is -2.39. The van der Waals surface area contributed by atoms with E-state index < -0.39 is 11.5 Å². The zero-order valence-corrected chi connectivity index (χ0v) is 10.6. The number of halogens is 2. The van der Waals surface area contributed by atoms with E-state index >= 15 is 0 Å². The number of aliphatic carboxylic acids is 1. The Balaban J connectivity index is 0.00000144. The molecule has 1 heterocycles. The van der Waals surface area contributed by atoms with Crippen molar-refractivity contribution in [2.75, 3.05) is 13.2 Å². The molecule has 1 fully saturated rings. The van der Waals surface area contributed by atoms with Gasteiger partial charge in [0.1, 0.15) is 0 Å². The molecule has 0 saturated carbocycles. The number of carboxylic acid groups (broad SMARTS) is 1. The Morgan fingerprint density at radius 2 is 2.18 bits per heavy atom. The third kappa shape index (κ3) is 2.90. The van der Waals surface area contributed by atoms with Gasteiger partial charge in [0.25, 0.3) is 0 Å². The summed E-state index contributed by atoms with van der Waals surface area (Å²) in [6.45, 7) is 0.836. The Labute approximate surface area is 110 Å². The maximum atomic E-state index is 10.8. The largest absolute Gasteiger partial charge is 0.481 e. The number of hydrogen-bond acceptors (Lipinski definition) is 3. The van der Waals surface area contributed by atoms with Crippen molar-refractivity contribution in [3.8, 4) is 0 Å². The second-order valence-corrected chi connectivity index (χ2v) is 4.46. The van der Waals surface area contributed by atoms with Crippen LogP contribution in [0, 0.1) is 0 Å². The number of hydrogen-bond donors (Lipinski definition) is 2. The molecular weight excluding hydrogens is 265 g/mol. The number of ether oxygens (including phenoxy) is 1. The van der Waals surface area contributed by atoms with Crippen LogP contribution in [0.3, 0.4) is 0 Å². The zero-order chi connectivity index (χ0) is 11.8. The lowest BCUT2D eigenvalue weighted by atomic mass is 9.85. The van der Waals surface area contributed by atoms with Crippen molar-refractivity contribution in [1.29, 1.82) is 0 Å². The zero-order valence-electron chi connectivity index (χ0n) is 8.98. The number of rotatable bonds is 3. The van der Waals surface area contributed by atoms with Crippen molar-refractivity contribution in [2.24, 2.45) is 5.73 Å². The van der Waals surface area contributed by atoms with E-state index in [2.05, 4.69) is 0 Å². The van der Waals surface area contributed by atoms with Gasteiger partial charge in [0.2, 0.25) is 0 Å². The summed E-state index contributed by atoms with van der Waals surface area (Å²) in [6, 6.07) is 5.15. The summed E-state index contributed by atoms with van der Waals surface area (Å²) >= 11 is 5.85. The predicted molar refractivity (Wildman–Crippen MR) is 66.7 cm³/mol. The first-order chi connectivity index (χ1) is 7.51. The highest BCUT2D eigenvalue weighted by Gasteiger charge is 2.37. The van der Waals surface area contributed by atoms with Crippen LogP contribution in [0.5, 0.6) is 0 Å². The molecule has 17 heavy (non-hydrogen) atoms. The lowest BCUT2D eigenvalue weighted by Crippen LogP contribution is -2.54. The molecule has 6 heteroatoms. The summed E-state index contributed by atoms with van der Waals surface area (Å²) in [5.74, 6) is -0.896. The van der Waals surface area contributed by atoms with Crippen molar-refractivity contribution < 1.29 is 14.6 Å². The van der Waals surface area contributed by atoms with Gasteiger partial charge >= 0.3 is 5.97 Å². The van der Waals surface area contributed by atoms with Crippen molar-refractivity contribution in [3.05, 3.63) is 34.3 Å². The molecule has 0 radical (unpaired) electrons. The van der Waals surface area contributed by atoms with E-state index in [9.17, 15) is 4.79 Å². The molecular formula is C11H13Cl2NO3. The van der Waals surface area contributed by atoms with Crippen LogP contribution in [0.4, 0.5) is 0 Å². The third-order valence-electron chi connectivity index (χ3n) is 2.66. The Hall–Kier alpha value is -0.810. The topological polar surface area (TPSA) is 72.6 Å². The Bertz CT molecular complexity index is 433. The van der Waals surface area contributed by atoms with E-state index in [0.717, 1.165) is 5.56 Å². The maximum Gasteiger partial charge on any atom is 0.307 e. The SMILES string of the molecule is Cl.NC1(c2ccc(Cl)cc2CC(=O)O)COC1. The standard InChI is InChI=1S/C11H12ClNO3.ClH/c12-8-1-2-9(11(13)5-16-6-11)7(3-8)4-10(14)15;/h1-3H,4-6,13H2,(H,14,15);1H. The fourth-order valence-electron chi connectivity index (χ4n) is 1.83. The molecule has 1 aliphatic heterocycles.